The summed E-state index contributed by atoms with van der Waals surface area (Å²) in [5.41, 5.74) is -0.832. The molecule has 1 unspecified atom stereocenters. The lowest BCUT2D eigenvalue weighted by atomic mass is 9.84. The van der Waals surface area contributed by atoms with E-state index in [0.29, 0.717) is 6.61 Å². The minimum atomic E-state index is -0.472. The van der Waals surface area contributed by atoms with Gasteiger partial charge in [0.15, 0.2) is 0 Å². The van der Waals surface area contributed by atoms with Crippen LogP contribution < -0.4 is 0 Å². The molecule has 0 aromatic rings. The Morgan fingerprint density at radius 2 is 1.93 bits per heavy atom. The van der Waals surface area contributed by atoms with Crippen molar-refractivity contribution >= 4 is 7.85 Å². The summed E-state index contributed by atoms with van der Waals surface area (Å²) in [5.74, 6) is 0. The van der Waals surface area contributed by atoms with Crippen LogP contribution in [-0.4, -0.2) is 58.1 Å². The van der Waals surface area contributed by atoms with Crippen LogP contribution in [0.2, 0.25) is 0 Å². The van der Waals surface area contributed by atoms with Gasteiger partial charge in [-0.15, -0.1) is 0 Å². The monoisotopic (exact) mass is 214 g/mol. The lowest BCUT2D eigenvalue weighted by Gasteiger charge is -2.42. The zero-order chi connectivity index (χ0) is 11.3. The van der Waals surface area contributed by atoms with Gasteiger partial charge in [-0.2, -0.15) is 0 Å². The van der Waals surface area contributed by atoms with Crippen molar-refractivity contribution in [1.82, 2.24) is 0 Å². The molecule has 0 spiro atoms. The Balaban J connectivity index is 2.35. The number of hydrogen-bond donors (Lipinski definition) is 0. The van der Waals surface area contributed by atoms with Crippen molar-refractivity contribution in [3.05, 3.63) is 0 Å². The summed E-state index contributed by atoms with van der Waals surface area (Å²) in [4.78, 5) is 0. The van der Waals surface area contributed by atoms with Crippen LogP contribution in [0.5, 0.6) is 0 Å². The second-order valence-corrected chi connectivity index (χ2v) is 4.89. The number of hydrogen-bond acceptors (Lipinski definition) is 4. The molecule has 2 rings (SSSR count). The van der Waals surface area contributed by atoms with Gasteiger partial charge in [-0.1, -0.05) is 0 Å². The fourth-order valence-electron chi connectivity index (χ4n) is 2.89. The Morgan fingerprint density at radius 3 is 2.47 bits per heavy atom. The number of rotatable bonds is 3. The van der Waals surface area contributed by atoms with E-state index in [1.165, 1.54) is 0 Å². The third-order valence-electron chi connectivity index (χ3n) is 3.68. The number of ether oxygens (including phenoxy) is 4. The van der Waals surface area contributed by atoms with Crippen molar-refractivity contribution in [2.75, 3.05) is 20.8 Å². The quantitative estimate of drug-likeness (QED) is 0.596. The van der Waals surface area contributed by atoms with Gasteiger partial charge in [0.25, 0.3) is 0 Å². The molecule has 15 heavy (non-hydrogen) atoms. The van der Waals surface area contributed by atoms with E-state index in [2.05, 4.69) is 0 Å². The van der Waals surface area contributed by atoms with E-state index in [4.69, 9.17) is 18.9 Å². The van der Waals surface area contributed by atoms with Gasteiger partial charge in [0.1, 0.15) is 25.7 Å². The average molecular weight is 214 g/mol. The first-order valence-corrected chi connectivity index (χ1v) is 5.36. The molecular weight excluding hydrogens is 195 g/mol. The first-order chi connectivity index (χ1) is 6.98. The molecule has 5 heteroatoms. The molecule has 0 amide bonds. The van der Waals surface area contributed by atoms with Crippen LogP contribution in [0.25, 0.3) is 0 Å². The van der Waals surface area contributed by atoms with Crippen molar-refractivity contribution in [1.29, 1.82) is 0 Å². The summed E-state index contributed by atoms with van der Waals surface area (Å²) in [6.07, 6.45) is -0.0254. The molecular formula is C10H19BO4. The summed E-state index contributed by atoms with van der Waals surface area (Å²) in [7, 11) is 5.40. The highest BCUT2D eigenvalue weighted by molar-refractivity contribution is 6.11. The largest absolute Gasteiger partial charge is 0.381 e. The van der Waals surface area contributed by atoms with Crippen LogP contribution in [-0.2, 0) is 18.9 Å². The van der Waals surface area contributed by atoms with Crippen molar-refractivity contribution in [3.63, 3.8) is 0 Å². The lowest BCUT2D eigenvalue weighted by Crippen LogP contribution is -2.58. The Labute approximate surface area is 91.6 Å². The minimum absolute atomic E-state index is 0.0140. The molecule has 2 fully saturated rings. The summed E-state index contributed by atoms with van der Waals surface area (Å²) < 4.78 is 22.8. The second-order valence-electron chi connectivity index (χ2n) is 4.89. The molecule has 4 atom stereocenters. The topological polar surface area (TPSA) is 36.9 Å². The van der Waals surface area contributed by atoms with Gasteiger partial charge in [-0.3, -0.25) is 0 Å². The fraction of sp³-hybridized carbons (Fsp3) is 1.00. The molecule has 0 aromatic heterocycles. The third kappa shape index (κ3) is 1.30. The third-order valence-corrected chi connectivity index (χ3v) is 3.68. The Morgan fingerprint density at radius 1 is 1.27 bits per heavy atom. The predicted molar refractivity (Wildman–Crippen MR) is 57.8 cm³/mol. The standard InChI is InChI=1S/C10H19BO4/c1-9(2)10(5-12-3)7(13-4)6(14-9)8(11)15-10/h6-8H,5,11H2,1-4H3/t6?,7-,8-,10-/m1/s1. The molecule has 0 saturated carbocycles. The van der Waals surface area contributed by atoms with E-state index in [0.717, 1.165) is 0 Å². The summed E-state index contributed by atoms with van der Waals surface area (Å²) in [6, 6.07) is 0.0677. The van der Waals surface area contributed by atoms with Crippen molar-refractivity contribution in [2.45, 2.75) is 43.3 Å². The van der Waals surface area contributed by atoms with Gasteiger partial charge in [0, 0.05) is 14.2 Å². The maximum absolute atomic E-state index is 6.03. The first-order valence-electron chi connectivity index (χ1n) is 5.36. The van der Waals surface area contributed by atoms with E-state index < -0.39 is 5.60 Å². The zero-order valence-electron chi connectivity index (χ0n) is 10.1. The van der Waals surface area contributed by atoms with Crippen LogP contribution in [0.4, 0.5) is 0 Å². The van der Waals surface area contributed by atoms with Crippen molar-refractivity contribution in [3.8, 4) is 0 Å². The highest BCUT2D eigenvalue weighted by Gasteiger charge is 2.69. The van der Waals surface area contributed by atoms with E-state index in [1.807, 2.05) is 21.7 Å². The molecule has 2 aliphatic heterocycles. The minimum Gasteiger partial charge on any atom is -0.381 e. The van der Waals surface area contributed by atoms with Crippen LogP contribution in [0, 0.1) is 0 Å². The molecule has 4 nitrogen and oxygen atoms in total. The summed E-state index contributed by atoms with van der Waals surface area (Å²) >= 11 is 0. The normalized spacial score (nSPS) is 47.3. The van der Waals surface area contributed by atoms with Crippen molar-refractivity contribution < 1.29 is 18.9 Å². The Hall–Kier alpha value is -0.0951. The fourth-order valence-corrected chi connectivity index (χ4v) is 2.89. The number of methoxy groups -OCH3 is 2. The lowest BCUT2D eigenvalue weighted by molar-refractivity contribution is -0.223. The van der Waals surface area contributed by atoms with Gasteiger partial charge >= 0.3 is 0 Å². The molecule has 2 heterocycles. The zero-order valence-corrected chi connectivity index (χ0v) is 10.1. The SMILES string of the molecule is B[C@@H]1O[C@]2(COC)[C@H](OC)C1OC2(C)C. The van der Waals surface area contributed by atoms with E-state index in [1.54, 1.807) is 14.2 Å². The highest BCUT2D eigenvalue weighted by Crippen LogP contribution is 2.50. The smallest absolute Gasteiger partial charge is 0.148 e. The summed E-state index contributed by atoms with van der Waals surface area (Å²) in [6.45, 7) is 4.56. The van der Waals surface area contributed by atoms with Crippen LogP contribution in [0.3, 0.4) is 0 Å². The molecule has 0 aromatic carbocycles. The average Bonchev–Trinajstić information content (AvgIpc) is 2.51. The number of fused-ring (bicyclic) bond motifs is 2. The molecule has 0 aliphatic carbocycles. The molecule has 0 N–H and O–H groups in total. The summed E-state index contributed by atoms with van der Waals surface area (Å²) in [5, 5.41) is 0. The Kier molecular flexibility index (Phi) is 2.62. The first kappa shape index (κ1) is 11.4. The molecule has 2 saturated heterocycles. The molecule has 86 valence electrons. The van der Waals surface area contributed by atoms with Gasteiger partial charge in [-0.25, -0.2) is 0 Å². The van der Waals surface area contributed by atoms with E-state index in [-0.39, 0.29) is 23.8 Å². The van der Waals surface area contributed by atoms with Crippen LogP contribution in [0.1, 0.15) is 13.8 Å². The maximum atomic E-state index is 6.03. The van der Waals surface area contributed by atoms with E-state index >= 15 is 0 Å². The van der Waals surface area contributed by atoms with Gasteiger partial charge in [-0.05, 0) is 13.8 Å². The predicted octanol–water partition coefficient (Wildman–Crippen LogP) is -0.447. The molecule has 2 bridgehead atoms. The van der Waals surface area contributed by atoms with Crippen LogP contribution >= 0.6 is 0 Å². The van der Waals surface area contributed by atoms with E-state index in [9.17, 15) is 0 Å². The maximum Gasteiger partial charge on any atom is 0.148 e. The van der Waals surface area contributed by atoms with Crippen molar-refractivity contribution in [2.24, 2.45) is 0 Å². The van der Waals surface area contributed by atoms with Gasteiger partial charge in [0.2, 0.25) is 0 Å². The van der Waals surface area contributed by atoms with Gasteiger partial charge < -0.3 is 18.9 Å². The highest BCUT2D eigenvalue weighted by atomic mass is 16.7. The van der Waals surface area contributed by atoms with Crippen LogP contribution in [0.15, 0.2) is 0 Å². The Bertz CT molecular complexity index is 258. The van der Waals surface area contributed by atoms with Gasteiger partial charge in [0.05, 0.1) is 18.2 Å². The second kappa shape index (κ2) is 3.45. The molecule has 2 aliphatic rings. The molecule has 0 radical (unpaired) electrons.